The van der Waals surface area contributed by atoms with Crippen LogP contribution in [0.1, 0.15) is 11.9 Å². The van der Waals surface area contributed by atoms with Crippen molar-refractivity contribution in [3.63, 3.8) is 0 Å². The van der Waals surface area contributed by atoms with E-state index in [-0.39, 0.29) is 11.9 Å². The maximum atomic E-state index is 9.26. The van der Waals surface area contributed by atoms with E-state index in [1.807, 2.05) is 6.07 Å². The van der Waals surface area contributed by atoms with E-state index in [9.17, 15) is 5.11 Å². The van der Waals surface area contributed by atoms with Crippen molar-refractivity contribution in [2.75, 3.05) is 13.2 Å². The van der Waals surface area contributed by atoms with Crippen molar-refractivity contribution in [3.8, 4) is 5.75 Å². The Morgan fingerprint density at radius 1 is 1.50 bits per heavy atom. The molecular formula is C10H13NO3. The van der Waals surface area contributed by atoms with E-state index in [1.165, 1.54) is 0 Å². The highest BCUT2D eigenvalue weighted by molar-refractivity contribution is 5.28. The van der Waals surface area contributed by atoms with Crippen LogP contribution in [0, 0.1) is 0 Å². The topological polar surface area (TPSA) is 64.7 Å². The van der Waals surface area contributed by atoms with Crippen LogP contribution < -0.4 is 5.73 Å². The first kappa shape index (κ1) is 9.45. The molecule has 1 aliphatic rings. The Morgan fingerprint density at radius 2 is 2.36 bits per heavy atom. The standard InChI is InChI=1S/C10H13NO3/c11-5-9-6-13-10(14-9)7-2-1-3-8(12)4-7/h1-4,9-10,12H,5-6,11H2. The zero-order chi connectivity index (χ0) is 9.97. The molecule has 0 radical (unpaired) electrons. The third-order valence-electron chi connectivity index (χ3n) is 2.15. The van der Waals surface area contributed by atoms with E-state index >= 15 is 0 Å². The molecule has 4 nitrogen and oxygen atoms in total. The van der Waals surface area contributed by atoms with Crippen LogP contribution in [0.3, 0.4) is 0 Å². The Morgan fingerprint density at radius 3 is 3.00 bits per heavy atom. The van der Waals surface area contributed by atoms with Gasteiger partial charge in [-0.2, -0.15) is 0 Å². The number of rotatable bonds is 2. The first-order valence-corrected chi connectivity index (χ1v) is 4.55. The third kappa shape index (κ3) is 1.87. The van der Waals surface area contributed by atoms with Gasteiger partial charge < -0.3 is 20.3 Å². The van der Waals surface area contributed by atoms with Gasteiger partial charge in [0.05, 0.1) is 12.7 Å². The van der Waals surface area contributed by atoms with Crippen LogP contribution in [0.15, 0.2) is 24.3 Å². The highest BCUT2D eigenvalue weighted by Gasteiger charge is 2.26. The first-order chi connectivity index (χ1) is 6.79. The minimum absolute atomic E-state index is 0.0395. The summed E-state index contributed by atoms with van der Waals surface area (Å²) in [6, 6.07) is 6.85. The van der Waals surface area contributed by atoms with E-state index < -0.39 is 6.29 Å². The number of phenols is 1. The highest BCUT2D eigenvalue weighted by Crippen LogP contribution is 2.28. The molecule has 0 aromatic heterocycles. The summed E-state index contributed by atoms with van der Waals surface area (Å²) in [6.07, 6.45) is -0.432. The molecular weight excluding hydrogens is 182 g/mol. The zero-order valence-corrected chi connectivity index (χ0v) is 7.72. The van der Waals surface area contributed by atoms with Crippen LogP contribution in [0.5, 0.6) is 5.75 Å². The van der Waals surface area contributed by atoms with Gasteiger partial charge in [0.25, 0.3) is 0 Å². The molecule has 2 atom stereocenters. The lowest BCUT2D eigenvalue weighted by Crippen LogP contribution is -2.21. The number of ether oxygens (including phenoxy) is 2. The minimum atomic E-state index is -0.393. The van der Waals surface area contributed by atoms with E-state index in [0.717, 1.165) is 5.56 Å². The summed E-state index contributed by atoms with van der Waals surface area (Å²) in [5.41, 5.74) is 6.27. The molecule has 0 amide bonds. The molecule has 1 fully saturated rings. The molecule has 0 aliphatic carbocycles. The van der Waals surface area contributed by atoms with E-state index in [1.54, 1.807) is 18.2 Å². The predicted octanol–water partition coefficient (Wildman–Crippen LogP) is 0.765. The molecule has 4 heteroatoms. The van der Waals surface area contributed by atoms with Gasteiger partial charge in [-0.15, -0.1) is 0 Å². The van der Waals surface area contributed by atoms with Crippen molar-refractivity contribution in [1.82, 2.24) is 0 Å². The third-order valence-corrected chi connectivity index (χ3v) is 2.15. The summed E-state index contributed by atoms with van der Waals surface area (Å²) in [4.78, 5) is 0. The van der Waals surface area contributed by atoms with Crippen LogP contribution in [0.25, 0.3) is 0 Å². The van der Waals surface area contributed by atoms with Gasteiger partial charge in [-0.05, 0) is 12.1 Å². The maximum Gasteiger partial charge on any atom is 0.184 e. The summed E-state index contributed by atoms with van der Waals surface area (Å²) < 4.78 is 10.9. The monoisotopic (exact) mass is 195 g/mol. The number of phenolic OH excluding ortho intramolecular Hbond substituents is 1. The normalized spacial score (nSPS) is 26.6. The Labute approximate surface area is 82.2 Å². The largest absolute Gasteiger partial charge is 0.508 e. The molecule has 3 N–H and O–H groups in total. The van der Waals surface area contributed by atoms with Crippen molar-refractivity contribution in [2.24, 2.45) is 5.73 Å². The SMILES string of the molecule is NCC1COC(c2cccc(O)c2)O1. The van der Waals surface area contributed by atoms with Crippen LogP contribution >= 0.6 is 0 Å². The molecule has 1 heterocycles. The maximum absolute atomic E-state index is 9.26. The molecule has 0 bridgehead atoms. The summed E-state index contributed by atoms with van der Waals surface area (Å²) in [5, 5.41) is 9.26. The zero-order valence-electron chi connectivity index (χ0n) is 7.72. The lowest BCUT2D eigenvalue weighted by Gasteiger charge is -2.10. The van der Waals surface area contributed by atoms with Gasteiger partial charge in [-0.3, -0.25) is 0 Å². The van der Waals surface area contributed by atoms with Gasteiger partial charge in [-0.1, -0.05) is 12.1 Å². The van der Waals surface area contributed by atoms with Crippen LogP contribution in [-0.4, -0.2) is 24.4 Å². The van der Waals surface area contributed by atoms with E-state index in [4.69, 9.17) is 15.2 Å². The van der Waals surface area contributed by atoms with Crippen molar-refractivity contribution in [1.29, 1.82) is 0 Å². The second-order valence-electron chi connectivity index (χ2n) is 3.25. The van der Waals surface area contributed by atoms with Gasteiger partial charge in [0.1, 0.15) is 5.75 Å². The summed E-state index contributed by atoms with van der Waals surface area (Å²) in [6.45, 7) is 0.964. The average Bonchev–Trinajstić information content (AvgIpc) is 2.66. The Kier molecular flexibility index (Phi) is 2.67. The summed E-state index contributed by atoms with van der Waals surface area (Å²) >= 11 is 0. The Hall–Kier alpha value is -1.10. The molecule has 1 saturated heterocycles. The highest BCUT2D eigenvalue weighted by atomic mass is 16.7. The summed E-state index contributed by atoms with van der Waals surface area (Å²) in [5.74, 6) is 0.214. The molecule has 1 aromatic rings. The second kappa shape index (κ2) is 3.96. The van der Waals surface area contributed by atoms with Crippen molar-refractivity contribution in [2.45, 2.75) is 12.4 Å². The molecule has 0 saturated carbocycles. The molecule has 2 unspecified atom stereocenters. The Bertz CT molecular complexity index is 316. The molecule has 0 spiro atoms. The number of nitrogens with two attached hydrogens (primary N) is 1. The predicted molar refractivity (Wildman–Crippen MR) is 50.7 cm³/mol. The van der Waals surface area contributed by atoms with E-state index in [0.29, 0.717) is 13.2 Å². The minimum Gasteiger partial charge on any atom is -0.508 e. The summed E-state index contributed by atoms with van der Waals surface area (Å²) in [7, 11) is 0. The van der Waals surface area contributed by atoms with Gasteiger partial charge in [0, 0.05) is 12.1 Å². The van der Waals surface area contributed by atoms with Crippen molar-refractivity contribution >= 4 is 0 Å². The number of hydrogen-bond donors (Lipinski definition) is 2. The quantitative estimate of drug-likeness (QED) is 0.731. The van der Waals surface area contributed by atoms with Crippen molar-refractivity contribution in [3.05, 3.63) is 29.8 Å². The van der Waals surface area contributed by atoms with Crippen LogP contribution in [-0.2, 0) is 9.47 Å². The molecule has 2 rings (SSSR count). The fourth-order valence-electron chi connectivity index (χ4n) is 1.42. The van der Waals surface area contributed by atoms with E-state index in [2.05, 4.69) is 0 Å². The van der Waals surface area contributed by atoms with Crippen LogP contribution in [0.2, 0.25) is 0 Å². The van der Waals surface area contributed by atoms with Gasteiger partial charge >= 0.3 is 0 Å². The number of benzene rings is 1. The van der Waals surface area contributed by atoms with Gasteiger partial charge in [0.15, 0.2) is 6.29 Å². The lowest BCUT2D eigenvalue weighted by atomic mass is 10.2. The smallest absolute Gasteiger partial charge is 0.184 e. The number of hydrogen-bond acceptors (Lipinski definition) is 4. The molecule has 1 aromatic carbocycles. The molecule has 76 valence electrons. The van der Waals surface area contributed by atoms with Crippen LogP contribution in [0.4, 0.5) is 0 Å². The fourth-order valence-corrected chi connectivity index (χ4v) is 1.42. The molecule has 1 aliphatic heterocycles. The lowest BCUT2D eigenvalue weighted by molar-refractivity contribution is -0.0586. The molecule has 14 heavy (non-hydrogen) atoms. The number of aromatic hydroxyl groups is 1. The fraction of sp³-hybridized carbons (Fsp3) is 0.400. The van der Waals surface area contributed by atoms with Gasteiger partial charge in [-0.25, -0.2) is 0 Å². The average molecular weight is 195 g/mol. The Balaban J connectivity index is 2.09. The van der Waals surface area contributed by atoms with Crippen molar-refractivity contribution < 1.29 is 14.6 Å². The first-order valence-electron chi connectivity index (χ1n) is 4.55. The van der Waals surface area contributed by atoms with Gasteiger partial charge in [0.2, 0.25) is 0 Å². The second-order valence-corrected chi connectivity index (χ2v) is 3.25.